The van der Waals surface area contributed by atoms with Crippen molar-refractivity contribution in [3.63, 3.8) is 0 Å². The maximum absolute atomic E-state index is 12.3. The number of anilines is 1. The Morgan fingerprint density at radius 2 is 1.92 bits per heavy atom. The van der Waals surface area contributed by atoms with Gasteiger partial charge < -0.3 is 15.0 Å². The maximum Gasteiger partial charge on any atom is 0.355 e. The SMILES string of the molecule is CC(=O)c1c(C)[nH]c(C(=O)O[C@@H](C)C(=O)Nc2cccc(Br)c2)c1C. The number of benzene rings is 1. The largest absolute Gasteiger partial charge is 0.448 e. The van der Waals surface area contributed by atoms with E-state index in [0.717, 1.165) is 4.47 Å². The summed E-state index contributed by atoms with van der Waals surface area (Å²) < 4.78 is 6.05. The predicted octanol–water partition coefficient (Wildman–Crippen LogP) is 3.78. The predicted molar refractivity (Wildman–Crippen MR) is 97.9 cm³/mol. The summed E-state index contributed by atoms with van der Waals surface area (Å²) in [6.07, 6.45) is -0.990. The smallest absolute Gasteiger partial charge is 0.355 e. The van der Waals surface area contributed by atoms with Crippen LogP contribution in [0.5, 0.6) is 0 Å². The quantitative estimate of drug-likeness (QED) is 0.583. The van der Waals surface area contributed by atoms with Gasteiger partial charge in [0.1, 0.15) is 5.69 Å². The molecular weight excluding hydrogens is 388 g/mol. The molecule has 25 heavy (non-hydrogen) atoms. The molecule has 132 valence electrons. The van der Waals surface area contributed by atoms with Crippen molar-refractivity contribution in [3.8, 4) is 0 Å². The number of aromatic amines is 1. The average molecular weight is 407 g/mol. The molecule has 0 aliphatic heterocycles. The normalized spacial score (nSPS) is 11.7. The molecule has 6 nitrogen and oxygen atoms in total. The summed E-state index contributed by atoms with van der Waals surface area (Å²) in [5, 5.41) is 2.68. The number of hydrogen-bond acceptors (Lipinski definition) is 4. The van der Waals surface area contributed by atoms with Crippen LogP contribution in [0.1, 0.15) is 46.0 Å². The lowest BCUT2D eigenvalue weighted by molar-refractivity contribution is -0.123. The number of amides is 1. The Morgan fingerprint density at radius 1 is 1.24 bits per heavy atom. The Labute approximate surface area is 154 Å². The van der Waals surface area contributed by atoms with E-state index in [-0.39, 0.29) is 11.5 Å². The molecule has 2 N–H and O–H groups in total. The minimum atomic E-state index is -0.990. The molecule has 0 saturated carbocycles. The van der Waals surface area contributed by atoms with E-state index in [1.807, 2.05) is 6.07 Å². The standard InChI is InChI=1S/C18H19BrN2O4/c1-9-15(11(3)22)10(2)20-16(9)18(24)25-12(4)17(23)21-14-7-5-6-13(19)8-14/h5-8,12,20H,1-4H3,(H,21,23)/t12-/m0/s1. The Kier molecular flexibility index (Phi) is 5.79. The van der Waals surface area contributed by atoms with E-state index in [0.29, 0.717) is 22.5 Å². The van der Waals surface area contributed by atoms with Crippen LogP contribution in [0.25, 0.3) is 0 Å². The molecule has 0 radical (unpaired) electrons. The van der Waals surface area contributed by atoms with Gasteiger partial charge in [-0.15, -0.1) is 0 Å². The number of esters is 1. The van der Waals surface area contributed by atoms with Gasteiger partial charge >= 0.3 is 5.97 Å². The first-order chi connectivity index (χ1) is 11.7. The van der Waals surface area contributed by atoms with Crippen LogP contribution in [0.2, 0.25) is 0 Å². The molecular formula is C18H19BrN2O4. The van der Waals surface area contributed by atoms with Gasteiger partial charge in [-0.1, -0.05) is 22.0 Å². The van der Waals surface area contributed by atoms with Crippen LogP contribution in [-0.2, 0) is 9.53 Å². The lowest BCUT2D eigenvalue weighted by Crippen LogP contribution is -2.30. The zero-order valence-corrected chi connectivity index (χ0v) is 16.0. The molecule has 1 heterocycles. The highest BCUT2D eigenvalue weighted by molar-refractivity contribution is 9.10. The summed E-state index contributed by atoms with van der Waals surface area (Å²) >= 11 is 3.32. The molecule has 0 bridgehead atoms. The third kappa shape index (κ3) is 4.36. The van der Waals surface area contributed by atoms with E-state index in [1.54, 1.807) is 32.0 Å². The zero-order valence-electron chi connectivity index (χ0n) is 14.4. The maximum atomic E-state index is 12.3. The highest BCUT2D eigenvalue weighted by Crippen LogP contribution is 2.20. The lowest BCUT2D eigenvalue weighted by Gasteiger charge is -2.13. The van der Waals surface area contributed by atoms with Crippen molar-refractivity contribution in [3.05, 3.63) is 51.3 Å². The van der Waals surface area contributed by atoms with Crippen molar-refractivity contribution < 1.29 is 19.1 Å². The summed E-state index contributed by atoms with van der Waals surface area (Å²) in [7, 11) is 0. The Morgan fingerprint density at radius 3 is 2.48 bits per heavy atom. The Balaban J connectivity index is 2.08. The Bertz CT molecular complexity index is 842. The second-order valence-corrected chi connectivity index (χ2v) is 6.64. The number of H-pyrrole nitrogens is 1. The van der Waals surface area contributed by atoms with E-state index in [2.05, 4.69) is 26.2 Å². The first-order valence-electron chi connectivity index (χ1n) is 7.68. The topological polar surface area (TPSA) is 88.3 Å². The number of ketones is 1. The molecule has 1 amide bonds. The molecule has 1 atom stereocenters. The Hall–Kier alpha value is -2.41. The van der Waals surface area contributed by atoms with E-state index in [4.69, 9.17) is 4.74 Å². The molecule has 0 fully saturated rings. The minimum Gasteiger partial charge on any atom is -0.448 e. The van der Waals surface area contributed by atoms with Crippen molar-refractivity contribution in [2.75, 3.05) is 5.32 Å². The summed E-state index contributed by atoms with van der Waals surface area (Å²) in [6.45, 7) is 6.31. The minimum absolute atomic E-state index is 0.134. The van der Waals surface area contributed by atoms with Gasteiger partial charge in [0.2, 0.25) is 0 Å². The average Bonchev–Trinajstić information content (AvgIpc) is 2.82. The molecule has 1 aromatic heterocycles. The van der Waals surface area contributed by atoms with E-state index in [1.165, 1.54) is 13.8 Å². The number of rotatable bonds is 5. The fraction of sp³-hybridized carbons (Fsp3) is 0.278. The van der Waals surface area contributed by atoms with E-state index >= 15 is 0 Å². The van der Waals surface area contributed by atoms with Gasteiger partial charge in [0, 0.05) is 21.4 Å². The second kappa shape index (κ2) is 7.65. The third-order valence-corrected chi connectivity index (χ3v) is 4.23. The van der Waals surface area contributed by atoms with Gasteiger partial charge in [-0.3, -0.25) is 9.59 Å². The van der Waals surface area contributed by atoms with Crippen molar-refractivity contribution in [1.29, 1.82) is 0 Å². The van der Waals surface area contributed by atoms with Crippen LogP contribution in [0.3, 0.4) is 0 Å². The number of carbonyl (C=O) groups excluding carboxylic acids is 3. The molecule has 0 aliphatic rings. The monoisotopic (exact) mass is 406 g/mol. The molecule has 7 heteroatoms. The van der Waals surface area contributed by atoms with Gasteiger partial charge in [-0.2, -0.15) is 0 Å². The highest BCUT2D eigenvalue weighted by Gasteiger charge is 2.24. The summed E-state index contributed by atoms with van der Waals surface area (Å²) in [5.41, 5.74) is 2.37. The number of ether oxygens (including phenoxy) is 1. The number of hydrogen-bond donors (Lipinski definition) is 2. The third-order valence-electron chi connectivity index (χ3n) is 3.74. The van der Waals surface area contributed by atoms with E-state index < -0.39 is 18.0 Å². The second-order valence-electron chi connectivity index (χ2n) is 5.73. The molecule has 0 saturated heterocycles. The molecule has 1 aromatic carbocycles. The van der Waals surface area contributed by atoms with Crippen LogP contribution in [0.4, 0.5) is 5.69 Å². The van der Waals surface area contributed by atoms with E-state index in [9.17, 15) is 14.4 Å². The van der Waals surface area contributed by atoms with Crippen molar-refractivity contribution in [1.82, 2.24) is 4.98 Å². The lowest BCUT2D eigenvalue weighted by atomic mass is 10.1. The van der Waals surface area contributed by atoms with Crippen LogP contribution < -0.4 is 5.32 Å². The van der Waals surface area contributed by atoms with Gasteiger partial charge in [-0.25, -0.2) is 4.79 Å². The first-order valence-corrected chi connectivity index (χ1v) is 8.47. The van der Waals surface area contributed by atoms with Gasteiger partial charge in [0.05, 0.1) is 0 Å². The van der Waals surface area contributed by atoms with Crippen molar-refractivity contribution in [2.24, 2.45) is 0 Å². The van der Waals surface area contributed by atoms with Gasteiger partial charge in [-0.05, 0) is 51.5 Å². The van der Waals surface area contributed by atoms with Gasteiger partial charge in [0.25, 0.3) is 5.91 Å². The number of Topliss-reactive ketones (excluding diaryl/α,β-unsaturated/α-hetero) is 1. The fourth-order valence-corrected chi connectivity index (χ4v) is 2.96. The van der Waals surface area contributed by atoms with Gasteiger partial charge in [0.15, 0.2) is 11.9 Å². The fourth-order valence-electron chi connectivity index (χ4n) is 2.57. The number of halogens is 1. The molecule has 0 unspecified atom stereocenters. The van der Waals surface area contributed by atoms with Crippen molar-refractivity contribution >= 4 is 39.3 Å². The van der Waals surface area contributed by atoms with Crippen LogP contribution in [-0.4, -0.2) is 28.7 Å². The van der Waals surface area contributed by atoms with Crippen LogP contribution in [0.15, 0.2) is 28.7 Å². The van der Waals surface area contributed by atoms with Crippen LogP contribution >= 0.6 is 15.9 Å². The number of aromatic nitrogens is 1. The molecule has 0 aliphatic carbocycles. The molecule has 2 rings (SSSR count). The number of nitrogens with one attached hydrogen (secondary N) is 2. The number of carbonyl (C=O) groups is 3. The van der Waals surface area contributed by atoms with Crippen molar-refractivity contribution in [2.45, 2.75) is 33.8 Å². The molecule has 2 aromatic rings. The number of aryl methyl sites for hydroxylation is 1. The zero-order chi connectivity index (χ0) is 18.7. The molecule has 0 spiro atoms. The summed E-state index contributed by atoms with van der Waals surface area (Å²) in [5.74, 6) is -1.25. The highest BCUT2D eigenvalue weighted by atomic mass is 79.9. The van der Waals surface area contributed by atoms with Crippen LogP contribution in [0, 0.1) is 13.8 Å². The summed E-state index contributed by atoms with van der Waals surface area (Å²) in [6, 6.07) is 7.09. The summed E-state index contributed by atoms with van der Waals surface area (Å²) in [4.78, 5) is 39.0. The first kappa shape index (κ1) is 18.9.